The van der Waals surface area contributed by atoms with Crippen molar-refractivity contribution >= 4 is 34.6 Å². The topological polar surface area (TPSA) is 105 Å². The predicted molar refractivity (Wildman–Crippen MR) is 204 cm³/mol. The second-order valence-corrected chi connectivity index (χ2v) is 18.4. The summed E-state index contributed by atoms with van der Waals surface area (Å²) in [5, 5.41) is 2.07. The van der Waals surface area contributed by atoms with E-state index in [2.05, 4.69) is 32.9 Å². The lowest BCUT2D eigenvalue weighted by Crippen LogP contribution is -2.63. The number of hydrogen-bond acceptors (Lipinski definition) is 8. The van der Waals surface area contributed by atoms with E-state index in [1.54, 1.807) is 0 Å². The van der Waals surface area contributed by atoms with Crippen LogP contribution in [0.2, 0.25) is 0 Å². The van der Waals surface area contributed by atoms with Gasteiger partial charge in [0, 0.05) is 24.7 Å². The zero-order chi connectivity index (χ0) is 37.9. The molecule has 6 aliphatic carbocycles. The summed E-state index contributed by atoms with van der Waals surface area (Å²) >= 11 is 0. The van der Waals surface area contributed by atoms with Gasteiger partial charge >= 0.3 is 23.9 Å². The lowest BCUT2D eigenvalue weighted by molar-refractivity contribution is -0.219. The van der Waals surface area contributed by atoms with Crippen molar-refractivity contribution in [1.82, 2.24) is 0 Å². The minimum absolute atomic E-state index is 0.0365. The highest BCUT2D eigenvalue weighted by Crippen LogP contribution is 2.69. The largest absolute Gasteiger partial charge is 0.469 e. The van der Waals surface area contributed by atoms with Gasteiger partial charge in [-0.15, -0.1) is 0 Å². The fourth-order valence-corrected chi connectivity index (χ4v) is 13.1. The second kappa shape index (κ2) is 14.4. The van der Waals surface area contributed by atoms with Gasteiger partial charge in [0.15, 0.2) is 0 Å². The molecule has 54 heavy (non-hydrogen) atoms. The maximum Gasteiger partial charge on any atom is 0.338 e. The highest BCUT2D eigenvalue weighted by Gasteiger charge is 2.68. The summed E-state index contributed by atoms with van der Waals surface area (Å²) in [6.07, 6.45) is 12.5. The Labute approximate surface area is 320 Å². The quantitative estimate of drug-likeness (QED) is 0.143. The van der Waals surface area contributed by atoms with Gasteiger partial charge in [0.05, 0.1) is 18.6 Å². The standard InChI is InChI=1S/C46H58O8/c1-26(10-17-41(48)51-5)36-15-16-37-42-38(25-40(46(36,37)4)52-27(2)47)45(3)19-18-34(53-44(50)35-21-28-11-12-31(35)20-28)23-33(45)24-39(42)54-43(49)32-14-13-29-8-6-7-9-30(29)22-32/h6-9,11-14,22,26,28,31,33-40,42H,10,15-21,23-25H2,1-5H3/t26-,28+,31-,33-,34-,35+,36-,37+,38+,39-,40+,42+,45+,46-/m1/s1. The number of benzene rings is 2. The van der Waals surface area contributed by atoms with Crippen molar-refractivity contribution in [2.24, 2.45) is 64.1 Å². The molecule has 0 spiro atoms. The van der Waals surface area contributed by atoms with E-state index in [4.69, 9.17) is 18.9 Å². The smallest absolute Gasteiger partial charge is 0.338 e. The number of rotatable bonds is 9. The van der Waals surface area contributed by atoms with Crippen molar-refractivity contribution in [2.75, 3.05) is 7.11 Å². The van der Waals surface area contributed by atoms with E-state index in [0.717, 1.165) is 62.1 Å². The Morgan fingerprint density at radius 2 is 1.65 bits per heavy atom. The first kappa shape index (κ1) is 37.3. The normalized spacial score (nSPS) is 39.5. The molecule has 5 fully saturated rings. The van der Waals surface area contributed by atoms with Crippen LogP contribution in [-0.4, -0.2) is 49.3 Å². The van der Waals surface area contributed by atoms with E-state index in [-0.39, 0.29) is 94.4 Å². The number of hydrogen-bond donors (Lipinski definition) is 0. The van der Waals surface area contributed by atoms with Crippen LogP contribution in [0.3, 0.4) is 0 Å². The molecule has 8 rings (SSSR count). The molecule has 0 amide bonds. The summed E-state index contributed by atoms with van der Waals surface area (Å²) in [5.74, 6) is 0.985. The van der Waals surface area contributed by atoms with Gasteiger partial charge in [0.1, 0.15) is 18.3 Å². The molecule has 8 nitrogen and oxygen atoms in total. The number of ether oxygens (including phenoxy) is 4. The number of carbonyl (C=O) groups excluding carboxylic acids is 4. The maximum absolute atomic E-state index is 14.2. The Balaban J connectivity index is 1.11. The van der Waals surface area contributed by atoms with Crippen LogP contribution in [0.15, 0.2) is 54.6 Å². The monoisotopic (exact) mass is 738 g/mol. The third kappa shape index (κ3) is 6.47. The number of esters is 4. The van der Waals surface area contributed by atoms with Crippen LogP contribution in [0.25, 0.3) is 10.8 Å². The van der Waals surface area contributed by atoms with Crippen LogP contribution in [0, 0.1) is 64.1 Å². The summed E-state index contributed by atoms with van der Waals surface area (Å²) in [6, 6.07) is 13.8. The van der Waals surface area contributed by atoms with E-state index in [0.29, 0.717) is 36.7 Å². The third-order valence-corrected chi connectivity index (χ3v) is 15.9. The van der Waals surface area contributed by atoms with Gasteiger partial charge in [-0.3, -0.25) is 14.4 Å². The number of fused-ring (bicyclic) bond motifs is 8. The summed E-state index contributed by atoms with van der Waals surface area (Å²) in [6.45, 7) is 8.46. The maximum atomic E-state index is 14.2. The summed E-state index contributed by atoms with van der Waals surface area (Å²) in [7, 11) is 1.43. The Kier molecular flexibility index (Phi) is 9.96. The fraction of sp³-hybridized carbons (Fsp3) is 0.652. The molecule has 14 atom stereocenters. The molecule has 0 unspecified atom stereocenters. The van der Waals surface area contributed by atoms with Gasteiger partial charge in [0.2, 0.25) is 0 Å². The van der Waals surface area contributed by atoms with Crippen molar-refractivity contribution in [1.29, 1.82) is 0 Å². The first-order valence-corrected chi connectivity index (χ1v) is 20.7. The first-order valence-electron chi connectivity index (χ1n) is 20.7. The van der Waals surface area contributed by atoms with Crippen molar-refractivity contribution in [3.8, 4) is 0 Å². The molecule has 2 aromatic rings. The zero-order valence-corrected chi connectivity index (χ0v) is 32.7. The van der Waals surface area contributed by atoms with Crippen molar-refractivity contribution in [2.45, 2.75) is 117 Å². The average molecular weight is 739 g/mol. The van der Waals surface area contributed by atoms with Crippen molar-refractivity contribution in [3.63, 3.8) is 0 Å². The Hall–Kier alpha value is -3.68. The van der Waals surface area contributed by atoms with Gasteiger partial charge in [-0.2, -0.15) is 0 Å². The molecular weight excluding hydrogens is 680 g/mol. The molecule has 0 N–H and O–H groups in total. The summed E-state index contributed by atoms with van der Waals surface area (Å²) < 4.78 is 24.5. The van der Waals surface area contributed by atoms with Gasteiger partial charge in [-0.1, -0.05) is 63.3 Å². The first-order chi connectivity index (χ1) is 25.9. The number of methoxy groups -OCH3 is 1. The SMILES string of the molecule is COC(=O)CC[C@@H](C)[C@H]1CC[C@H]2[C@@H]3[C@H](OC(=O)c4ccc5ccccc5c4)C[C@H]4C[C@H](OC(=O)[C@H]5C[C@H]6C=C[C@@H]5C6)CC[C@]4(C)[C@H]3C[C@H](OC(C)=O)[C@]12C. The Morgan fingerprint density at radius 1 is 0.852 bits per heavy atom. The molecule has 5 saturated carbocycles. The molecule has 0 heterocycles. The molecule has 2 aromatic carbocycles. The van der Waals surface area contributed by atoms with Crippen LogP contribution in [0.1, 0.15) is 109 Å². The van der Waals surface area contributed by atoms with Gasteiger partial charge in [-0.05, 0) is 134 Å². The number of carbonyl (C=O) groups is 4. The highest BCUT2D eigenvalue weighted by molar-refractivity contribution is 5.95. The van der Waals surface area contributed by atoms with Crippen LogP contribution >= 0.6 is 0 Å². The van der Waals surface area contributed by atoms with Gasteiger partial charge in [0.25, 0.3) is 0 Å². The van der Waals surface area contributed by atoms with Crippen LogP contribution < -0.4 is 0 Å². The molecule has 6 aliphatic rings. The van der Waals surface area contributed by atoms with E-state index >= 15 is 0 Å². The Bertz CT molecular complexity index is 1820. The molecule has 2 bridgehead atoms. The summed E-state index contributed by atoms with van der Waals surface area (Å²) in [5.41, 5.74) is 0.107. The molecular formula is C46H58O8. The second-order valence-electron chi connectivity index (χ2n) is 18.4. The van der Waals surface area contributed by atoms with E-state index in [1.165, 1.54) is 14.0 Å². The average Bonchev–Trinajstić information content (AvgIpc) is 3.89. The minimum atomic E-state index is -0.346. The van der Waals surface area contributed by atoms with Crippen molar-refractivity contribution < 1.29 is 38.1 Å². The molecule has 290 valence electrons. The Morgan fingerprint density at radius 3 is 2.37 bits per heavy atom. The predicted octanol–water partition coefficient (Wildman–Crippen LogP) is 8.89. The zero-order valence-electron chi connectivity index (χ0n) is 32.7. The fourth-order valence-electron chi connectivity index (χ4n) is 13.1. The molecule has 0 radical (unpaired) electrons. The lowest BCUT2D eigenvalue weighted by atomic mass is 9.43. The van der Waals surface area contributed by atoms with E-state index in [9.17, 15) is 19.2 Å². The lowest BCUT2D eigenvalue weighted by Gasteiger charge is -2.64. The molecule has 0 saturated heterocycles. The van der Waals surface area contributed by atoms with Crippen LogP contribution in [0.4, 0.5) is 0 Å². The van der Waals surface area contributed by atoms with Gasteiger partial charge in [-0.25, -0.2) is 4.79 Å². The van der Waals surface area contributed by atoms with E-state index < -0.39 is 0 Å². The highest BCUT2D eigenvalue weighted by atomic mass is 16.6. The third-order valence-electron chi connectivity index (χ3n) is 15.9. The summed E-state index contributed by atoms with van der Waals surface area (Å²) in [4.78, 5) is 52.8. The van der Waals surface area contributed by atoms with Crippen LogP contribution in [0.5, 0.6) is 0 Å². The molecule has 8 heteroatoms. The van der Waals surface area contributed by atoms with Crippen LogP contribution in [-0.2, 0) is 33.3 Å². The van der Waals surface area contributed by atoms with Gasteiger partial charge < -0.3 is 18.9 Å². The number of allylic oxidation sites excluding steroid dienone is 2. The van der Waals surface area contributed by atoms with Crippen molar-refractivity contribution in [3.05, 3.63) is 60.2 Å². The minimum Gasteiger partial charge on any atom is -0.469 e. The molecule has 0 aliphatic heterocycles. The molecule has 0 aromatic heterocycles. The van der Waals surface area contributed by atoms with E-state index in [1.807, 2.05) is 42.5 Å².